The Bertz CT molecular complexity index is 366. The van der Waals surface area contributed by atoms with Crippen molar-refractivity contribution >= 4 is 11.6 Å². The molecular formula is C12H16ClNO2. The van der Waals surface area contributed by atoms with Gasteiger partial charge in [-0.25, -0.2) is 0 Å². The van der Waals surface area contributed by atoms with Gasteiger partial charge in [0.2, 0.25) is 0 Å². The zero-order chi connectivity index (χ0) is 11.5. The first kappa shape index (κ1) is 11.7. The molecule has 88 valence electrons. The Balaban J connectivity index is 1.98. The van der Waals surface area contributed by atoms with Crippen LogP contribution in [0.3, 0.4) is 0 Å². The molecule has 0 aromatic heterocycles. The summed E-state index contributed by atoms with van der Waals surface area (Å²) in [5, 5.41) is 13.7. The Labute approximate surface area is 100 Å². The van der Waals surface area contributed by atoms with Crippen LogP contribution in [0.15, 0.2) is 18.2 Å². The van der Waals surface area contributed by atoms with Crippen LogP contribution in [0.5, 0.6) is 5.75 Å². The molecule has 1 unspecified atom stereocenters. The molecule has 2 rings (SSSR count). The highest BCUT2D eigenvalue weighted by molar-refractivity contribution is 6.32. The van der Waals surface area contributed by atoms with E-state index in [2.05, 4.69) is 5.32 Å². The minimum Gasteiger partial charge on any atom is -0.495 e. The monoisotopic (exact) mass is 241 g/mol. The first-order chi connectivity index (χ1) is 7.70. The van der Waals surface area contributed by atoms with Crippen LogP contribution >= 0.6 is 11.6 Å². The van der Waals surface area contributed by atoms with Gasteiger partial charge in [0.05, 0.1) is 18.2 Å². The van der Waals surface area contributed by atoms with E-state index in [1.165, 1.54) is 12.8 Å². The number of hydrogen-bond acceptors (Lipinski definition) is 3. The molecule has 0 spiro atoms. The van der Waals surface area contributed by atoms with E-state index in [1.807, 2.05) is 6.07 Å². The molecule has 16 heavy (non-hydrogen) atoms. The van der Waals surface area contributed by atoms with Gasteiger partial charge in [-0.2, -0.15) is 0 Å². The van der Waals surface area contributed by atoms with Crippen molar-refractivity contribution in [2.45, 2.75) is 25.0 Å². The molecule has 0 aliphatic heterocycles. The molecule has 0 radical (unpaired) electrons. The molecular weight excluding hydrogens is 226 g/mol. The summed E-state index contributed by atoms with van der Waals surface area (Å²) < 4.78 is 5.06. The number of aliphatic hydroxyl groups is 1. The predicted octanol–water partition coefficient (Wildman–Crippen LogP) is 2.13. The number of benzene rings is 1. The molecule has 1 saturated carbocycles. The molecule has 1 aliphatic rings. The van der Waals surface area contributed by atoms with E-state index in [9.17, 15) is 5.11 Å². The SMILES string of the molecule is COc1ccc(C(O)CNC2CC2)cc1Cl. The maximum Gasteiger partial charge on any atom is 0.137 e. The highest BCUT2D eigenvalue weighted by atomic mass is 35.5. The summed E-state index contributed by atoms with van der Waals surface area (Å²) in [6, 6.07) is 5.96. The normalized spacial score (nSPS) is 17.2. The molecule has 1 aliphatic carbocycles. The summed E-state index contributed by atoms with van der Waals surface area (Å²) >= 11 is 5.99. The van der Waals surface area contributed by atoms with Gasteiger partial charge in [0.25, 0.3) is 0 Å². The van der Waals surface area contributed by atoms with Crippen molar-refractivity contribution in [3.8, 4) is 5.75 Å². The lowest BCUT2D eigenvalue weighted by atomic mass is 10.1. The third-order valence-electron chi connectivity index (χ3n) is 2.74. The smallest absolute Gasteiger partial charge is 0.137 e. The second-order valence-corrected chi connectivity index (χ2v) is 4.50. The van der Waals surface area contributed by atoms with Gasteiger partial charge in [-0.3, -0.25) is 0 Å². The second kappa shape index (κ2) is 5.04. The van der Waals surface area contributed by atoms with Crippen molar-refractivity contribution in [3.05, 3.63) is 28.8 Å². The minimum absolute atomic E-state index is 0.510. The molecule has 1 fully saturated rings. The van der Waals surface area contributed by atoms with Crippen molar-refractivity contribution in [1.82, 2.24) is 5.32 Å². The quantitative estimate of drug-likeness (QED) is 0.830. The Hall–Kier alpha value is -0.770. The third-order valence-corrected chi connectivity index (χ3v) is 3.03. The molecule has 3 nitrogen and oxygen atoms in total. The van der Waals surface area contributed by atoms with Crippen molar-refractivity contribution in [2.75, 3.05) is 13.7 Å². The van der Waals surface area contributed by atoms with Crippen LogP contribution in [0, 0.1) is 0 Å². The van der Waals surface area contributed by atoms with Gasteiger partial charge in [-0.05, 0) is 30.5 Å². The third kappa shape index (κ3) is 2.88. The largest absolute Gasteiger partial charge is 0.495 e. The fraction of sp³-hybridized carbons (Fsp3) is 0.500. The maximum atomic E-state index is 9.92. The molecule has 4 heteroatoms. The number of rotatable bonds is 5. The summed E-state index contributed by atoms with van der Waals surface area (Å²) in [5.74, 6) is 0.632. The van der Waals surface area contributed by atoms with E-state index in [0.717, 1.165) is 5.56 Å². The van der Waals surface area contributed by atoms with Crippen LogP contribution in [0.4, 0.5) is 0 Å². The standard InChI is InChI=1S/C12H16ClNO2/c1-16-12-5-2-8(6-10(12)13)11(15)7-14-9-3-4-9/h2,5-6,9,11,14-15H,3-4,7H2,1H3. The number of methoxy groups -OCH3 is 1. The van der Waals surface area contributed by atoms with Gasteiger partial charge >= 0.3 is 0 Å². The Morgan fingerprint density at radius 1 is 1.56 bits per heavy atom. The molecule has 2 N–H and O–H groups in total. The first-order valence-electron chi connectivity index (χ1n) is 5.45. The summed E-state index contributed by atoms with van der Waals surface area (Å²) in [7, 11) is 1.58. The van der Waals surface area contributed by atoms with Crippen LogP contribution in [-0.2, 0) is 0 Å². The van der Waals surface area contributed by atoms with E-state index in [1.54, 1.807) is 19.2 Å². The number of aliphatic hydroxyl groups excluding tert-OH is 1. The topological polar surface area (TPSA) is 41.5 Å². The van der Waals surface area contributed by atoms with E-state index < -0.39 is 6.10 Å². The molecule has 1 aromatic rings. The van der Waals surface area contributed by atoms with Crippen LogP contribution in [-0.4, -0.2) is 24.8 Å². The van der Waals surface area contributed by atoms with Crippen molar-refractivity contribution in [3.63, 3.8) is 0 Å². The number of hydrogen-bond donors (Lipinski definition) is 2. The lowest BCUT2D eigenvalue weighted by Crippen LogP contribution is -2.23. The average molecular weight is 242 g/mol. The lowest BCUT2D eigenvalue weighted by molar-refractivity contribution is 0.174. The fourth-order valence-corrected chi connectivity index (χ4v) is 1.84. The van der Waals surface area contributed by atoms with Crippen LogP contribution in [0.2, 0.25) is 5.02 Å². The van der Waals surface area contributed by atoms with Gasteiger partial charge in [0, 0.05) is 12.6 Å². The van der Waals surface area contributed by atoms with E-state index in [4.69, 9.17) is 16.3 Å². The molecule has 0 amide bonds. The zero-order valence-corrected chi connectivity index (χ0v) is 10.00. The van der Waals surface area contributed by atoms with Crippen molar-refractivity contribution < 1.29 is 9.84 Å². The summed E-state index contributed by atoms with van der Waals surface area (Å²) in [5.41, 5.74) is 0.818. The first-order valence-corrected chi connectivity index (χ1v) is 5.83. The molecule has 0 bridgehead atoms. The highest BCUT2D eigenvalue weighted by Gasteiger charge is 2.21. The Morgan fingerprint density at radius 2 is 2.31 bits per heavy atom. The van der Waals surface area contributed by atoms with E-state index in [-0.39, 0.29) is 0 Å². The summed E-state index contributed by atoms with van der Waals surface area (Å²) in [6.07, 6.45) is 1.93. The number of ether oxygens (including phenoxy) is 1. The second-order valence-electron chi connectivity index (χ2n) is 4.09. The zero-order valence-electron chi connectivity index (χ0n) is 9.24. The number of halogens is 1. The van der Waals surface area contributed by atoms with Gasteiger partial charge in [-0.15, -0.1) is 0 Å². The predicted molar refractivity (Wildman–Crippen MR) is 64.0 cm³/mol. The van der Waals surface area contributed by atoms with Gasteiger partial charge in [0.15, 0.2) is 0 Å². The Kier molecular flexibility index (Phi) is 3.69. The summed E-state index contributed by atoms with van der Waals surface area (Å²) in [6.45, 7) is 0.577. The number of nitrogens with one attached hydrogen (secondary N) is 1. The maximum absolute atomic E-state index is 9.92. The highest BCUT2D eigenvalue weighted by Crippen LogP contribution is 2.28. The summed E-state index contributed by atoms with van der Waals surface area (Å²) in [4.78, 5) is 0. The van der Waals surface area contributed by atoms with Gasteiger partial charge in [-0.1, -0.05) is 17.7 Å². The van der Waals surface area contributed by atoms with Gasteiger partial charge < -0.3 is 15.2 Å². The van der Waals surface area contributed by atoms with Crippen molar-refractivity contribution in [1.29, 1.82) is 0 Å². The van der Waals surface area contributed by atoms with Crippen LogP contribution in [0.25, 0.3) is 0 Å². The molecule has 1 aromatic carbocycles. The minimum atomic E-state index is -0.510. The lowest BCUT2D eigenvalue weighted by Gasteiger charge is -2.13. The van der Waals surface area contributed by atoms with Crippen molar-refractivity contribution in [2.24, 2.45) is 0 Å². The average Bonchev–Trinajstić information content (AvgIpc) is 3.09. The van der Waals surface area contributed by atoms with Gasteiger partial charge in [0.1, 0.15) is 5.75 Å². The molecule has 1 atom stereocenters. The molecule has 0 saturated heterocycles. The van der Waals surface area contributed by atoms with E-state index in [0.29, 0.717) is 23.4 Å². The van der Waals surface area contributed by atoms with E-state index >= 15 is 0 Å². The molecule has 0 heterocycles. The van der Waals surface area contributed by atoms with Crippen LogP contribution < -0.4 is 10.1 Å². The fourth-order valence-electron chi connectivity index (χ4n) is 1.57. The Morgan fingerprint density at radius 3 is 2.88 bits per heavy atom. The van der Waals surface area contributed by atoms with Crippen LogP contribution in [0.1, 0.15) is 24.5 Å².